The number of carbonyl (C=O) groups is 1. The van der Waals surface area contributed by atoms with Gasteiger partial charge >= 0.3 is 6.09 Å². The molecule has 11 heavy (non-hydrogen) atoms. The van der Waals surface area contributed by atoms with Gasteiger partial charge in [-0.2, -0.15) is 0 Å². The highest BCUT2D eigenvalue weighted by Crippen LogP contribution is 2.33. The van der Waals surface area contributed by atoms with Crippen molar-refractivity contribution in [2.75, 3.05) is 6.61 Å². The molecule has 0 unspecified atom stereocenters. The number of primary amides is 1. The molecule has 0 radical (unpaired) electrons. The Bertz CT molecular complexity index is 164. The predicted molar refractivity (Wildman–Crippen MR) is 35.7 cm³/mol. The van der Waals surface area contributed by atoms with E-state index in [-0.39, 0.29) is 25.6 Å². The number of aliphatic hydroxyl groups is 2. The Morgan fingerprint density at radius 1 is 1.73 bits per heavy atom. The summed E-state index contributed by atoms with van der Waals surface area (Å²) in [5.41, 5.74) is 3.67. The minimum atomic E-state index is -1.06. The SMILES string of the molecule is NC(=O)OC1CC(O)(CO)C1. The molecular weight excluding hydrogens is 150 g/mol. The van der Waals surface area contributed by atoms with Crippen LogP contribution in [0.3, 0.4) is 0 Å². The van der Waals surface area contributed by atoms with Crippen molar-refractivity contribution in [3.8, 4) is 0 Å². The molecule has 0 heterocycles. The van der Waals surface area contributed by atoms with Crippen molar-refractivity contribution >= 4 is 6.09 Å². The fraction of sp³-hybridized carbons (Fsp3) is 0.833. The molecule has 4 N–H and O–H groups in total. The first-order valence-electron chi connectivity index (χ1n) is 3.35. The van der Waals surface area contributed by atoms with Gasteiger partial charge in [-0.25, -0.2) is 4.79 Å². The lowest BCUT2D eigenvalue weighted by Crippen LogP contribution is -2.52. The zero-order valence-corrected chi connectivity index (χ0v) is 5.99. The highest BCUT2D eigenvalue weighted by atomic mass is 16.6. The molecule has 64 valence electrons. The number of nitrogens with two attached hydrogens (primary N) is 1. The van der Waals surface area contributed by atoms with E-state index in [1.807, 2.05) is 0 Å². The van der Waals surface area contributed by atoms with Crippen molar-refractivity contribution in [1.82, 2.24) is 0 Å². The third-order valence-electron chi connectivity index (χ3n) is 1.79. The molecule has 1 rings (SSSR count). The van der Waals surface area contributed by atoms with Crippen molar-refractivity contribution < 1.29 is 19.7 Å². The summed E-state index contributed by atoms with van der Waals surface area (Å²) in [5, 5.41) is 17.8. The minimum Gasteiger partial charge on any atom is -0.446 e. The number of hydrogen-bond donors (Lipinski definition) is 3. The van der Waals surface area contributed by atoms with Gasteiger partial charge in [0, 0.05) is 12.8 Å². The van der Waals surface area contributed by atoms with E-state index in [0.29, 0.717) is 0 Å². The van der Waals surface area contributed by atoms with E-state index in [2.05, 4.69) is 4.74 Å². The summed E-state index contributed by atoms with van der Waals surface area (Å²) in [6.07, 6.45) is -0.626. The molecule has 5 heteroatoms. The lowest BCUT2D eigenvalue weighted by molar-refractivity contribution is -0.138. The van der Waals surface area contributed by atoms with E-state index >= 15 is 0 Å². The van der Waals surface area contributed by atoms with Gasteiger partial charge in [-0.05, 0) is 0 Å². The Hall–Kier alpha value is -0.810. The highest BCUT2D eigenvalue weighted by Gasteiger charge is 2.44. The molecule has 1 aliphatic rings. The van der Waals surface area contributed by atoms with Crippen LogP contribution in [0.4, 0.5) is 4.79 Å². The summed E-state index contributed by atoms with van der Waals surface area (Å²) in [6.45, 7) is -0.300. The summed E-state index contributed by atoms with van der Waals surface area (Å²) in [4.78, 5) is 10.2. The van der Waals surface area contributed by atoms with Gasteiger partial charge in [0.1, 0.15) is 6.10 Å². The molecule has 5 nitrogen and oxygen atoms in total. The Kier molecular flexibility index (Phi) is 2.01. The van der Waals surface area contributed by atoms with Crippen LogP contribution in [-0.4, -0.2) is 34.6 Å². The molecule has 0 bridgehead atoms. The van der Waals surface area contributed by atoms with Crippen molar-refractivity contribution in [1.29, 1.82) is 0 Å². The van der Waals surface area contributed by atoms with Gasteiger partial charge < -0.3 is 20.7 Å². The van der Waals surface area contributed by atoms with Crippen LogP contribution in [0.5, 0.6) is 0 Å². The monoisotopic (exact) mass is 161 g/mol. The maximum atomic E-state index is 10.2. The predicted octanol–water partition coefficient (Wildman–Crippen LogP) is -1.03. The Labute approximate surface area is 63.8 Å². The van der Waals surface area contributed by atoms with Crippen LogP contribution in [0.2, 0.25) is 0 Å². The van der Waals surface area contributed by atoms with Crippen molar-refractivity contribution in [2.24, 2.45) is 5.73 Å². The topological polar surface area (TPSA) is 92.8 Å². The van der Waals surface area contributed by atoms with Gasteiger partial charge in [0.15, 0.2) is 0 Å². The van der Waals surface area contributed by atoms with Gasteiger partial charge in [-0.15, -0.1) is 0 Å². The first-order chi connectivity index (χ1) is 5.06. The summed E-state index contributed by atoms with van der Waals surface area (Å²) in [6, 6.07) is 0. The summed E-state index contributed by atoms with van der Waals surface area (Å²) in [7, 11) is 0. The van der Waals surface area contributed by atoms with Crippen molar-refractivity contribution in [3.05, 3.63) is 0 Å². The summed E-state index contributed by atoms with van der Waals surface area (Å²) >= 11 is 0. The number of ether oxygens (including phenoxy) is 1. The first kappa shape index (κ1) is 8.29. The number of hydrogen-bond acceptors (Lipinski definition) is 4. The molecule has 0 atom stereocenters. The third-order valence-corrected chi connectivity index (χ3v) is 1.79. The molecule has 0 saturated heterocycles. The van der Waals surface area contributed by atoms with E-state index in [4.69, 9.17) is 10.8 Å². The molecule has 0 aromatic carbocycles. The smallest absolute Gasteiger partial charge is 0.404 e. The number of aliphatic hydroxyl groups excluding tert-OH is 1. The fourth-order valence-corrected chi connectivity index (χ4v) is 1.16. The van der Waals surface area contributed by atoms with E-state index in [9.17, 15) is 9.90 Å². The maximum Gasteiger partial charge on any atom is 0.404 e. The molecule has 0 aromatic rings. The Morgan fingerprint density at radius 2 is 2.27 bits per heavy atom. The zero-order chi connectivity index (χ0) is 8.48. The van der Waals surface area contributed by atoms with Crippen molar-refractivity contribution in [2.45, 2.75) is 24.5 Å². The second kappa shape index (κ2) is 2.67. The number of amides is 1. The van der Waals surface area contributed by atoms with Crippen LogP contribution in [0, 0.1) is 0 Å². The second-order valence-corrected chi connectivity index (χ2v) is 2.85. The molecule has 0 spiro atoms. The second-order valence-electron chi connectivity index (χ2n) is 2.85. The van der Waals surface area contributed by atoms with E-state index in [1.165, 1.54) is 0 Å². The summed E-state index contributed by atoms with van der Waals surface area (Å²) in [5.74, 6) is 0. The van der Waals surface area contributed by atoms with Crippen LogP contribution < -0.4 is 5.73 Å². The number of carbonyl (C=O) groups excluding carboxylic acids is 1. The Balaban J connectivity index is 2.23. The van der Waals surface area contributed by atoms with E-state index in [1.54, 1.807) is 0 Å². The summed E-state index contributed by atoms with van der Waals surface area (Å²) < 4.78 is 4.55. The lowest BCUT2D eigenvalue weighted by atomic mass is 9.78. The van der Waals surface area contributed by atoms with Crippen LogP contribution in [-0.2, 0) is 4.74 Å². The highest BCUT2D eigenvalue weighted by molar-refractivity contribution is 5.64. The normalized spacial score (nSPS) is 36.0. The molecule has 1 fully saturated rings. The van der Waals surface area contributed by atoms with Crippen LogP contribution >= 0.6 is 0 Å². The average molecular weight is 161 g/mol. The first-order valence-corrected chi connectivity index (χ1v) is 3.35. The van der Waals surface area contributed by atoms with Gasteiger partial charge in [0.2, 0.25) is 0 Å². The molecule has 1 aliphatic carbocycles. The Morgan fingerprint density at radius 3 is 2.64 bits per heavy atom. The molecular formula is C6H11NO4. The largest absolute Gasteiger partial charge is 0.446 e. The fourth-order valence-electron chi connectivity index (χ4n) is 1.16. The van der Waals surface area contributed by atoms with Gasteiger partial charge in [-0.1, -0.05) is 0 Å². The molecule has 0 aromatic heterocycles. The molecule has 1 saturated carbocycles. The third kappa shape index (κ3) is 1.81. The zero-order valence-electron chi connectivity index (χ0n) is 5.99. The lowest BCUT2D eigenvalue weighted by Gasteiger charge is -2.40. The molecule has 0 aliphatic heterocycles. The maximum absolute atomic E-state index is 10.2. The van der Waals surface area contributed by atoms with E-state index < -0.39 is 11.7 Å². The van der Waals surface area contributed by atoms with Crippen molar-refractivity contribution in [3.63, 3.8) is 0 Å². The molecule has 1 amide bonds. The quantitative estimate of drug-likeness (QED) is 0.482. The van der Waals surface area contributed by atoms with Crippen LogP contribution in [0.25, 0.3) is 0 Å². The van der Waals surface area contributed by atoms with Gasteiger partial charge in [-0.3, -0.25) is 0 Å². The number of rotatable bonds is 2. The average Bonchev–Trinajstić information content (AvgIpc) is 1.83. The minimum absolute atomic E-state index is 0.270. The van der Waals surface area contributed by atoms with Crippen LogP contribution in [0.1, 0.15) is 12.8 Å². The standard InChI is InChI=1S/C6H11NO4/c7-5(9)11-4-1-6(10,2-4)3-8/h4,8,10H,1-3H2,(H2,7,9). The van der Waals surface area contributed by atoms with Gasteiger partial charge in [0.25, 0.3) is 0 Å². The van der Waals surface area contributed by atoms with Gasteiger partial charge in [0.05, 0.1) is 12.2 Å². The van der Waals surface area contributed by atoms with E-state index in [0.717, 1.165) is 0 Å². The van der Waals surface area contributed by atoms with Crippen LogP contribution in [0.15, 0.2) is 0 Å².